The lowest BCUT2D eigenvalue weighted by Gasteiger charge is -2.12. The lowest BCUT2D eigenvalue weighted by molar-refractivity contribution is 0.0697. The highest BCUT2D eigenvalue weighted by atomic mass is 35.5. The molecule has 0 unspecified atom stereocenters. The Morgan fingerprint density at radius 3 is 2.25 bits per heavy atom. The number of aromatic carboxylic acids is 1. The fourth-order valence-corrected chi connectivity index (χ4v) is 3.05. The maximum atomic E-state index is 10.9. The number of carboxylic acid groups (broad SMARTS) is 1. The van der Waals surface area contributed by atoms with Crippen molar-refractivity contribution in [2.45, 2.75) is 26.4 Å². The molecule has 3 aromatic rings. The molecule has 1 heterocycles. The Kier molecular flexibility index (Phi) is 6.17. The van der Waals surface area contributed by atoms with E-state index in [1.807, 2.05) is 13.8 Å². The molecule has 0 saturated carbocycles. The van der Waals surface area contributed by atoms with Crippen LogP contribution in [-0.2, 0) is 6.61 Å². The van der Waals surface area contributed by atoms with Crippen molar-refractivity contribution in [2.24, 2.45) is 0 Å². The highest BCUT2D eigenvalue weighted by molar-refractivity contribution is 6.35. The van der Waals surface area contributed by atoms with Crippen molar-refractivity contribution in [3.63, 3.8) is 0 Å². The molecule has 1 aromatic heterocycles. The number of halogens is 2. The Morgan fingerprint density at radius 2 is 1.68 bits per heavy atom. The zero-order valence-corrected chi connectivity index (χ0v) is 16.8. The molecule has 5 nitrogen and oxygen atoms in total. The summed E-state index contributed by atoms with van der Waals surface area (Å²) in [5.41, 5.74) is 2.60. The Bertz CT molecular complexity index is 985. The van der Waals surface area contributed by atoms with E-state index in [0.29, 0.717) is 27.3 Å². The van der Waals surface area contributed by atoms with Gasteiger partial charge in [-0.3, -0.25) is 0 Å². The maximum absolute atomic E-state index is 10.9. The molecule has 0 aliphatic rings. The Balaban J connectivity index is 1.87. The van der Waals surface area contributed by atoms with Crippen LogP contribution in [0.3, 0.4) is 0 Å². The molecule has 0 amide bonds. The van der Waals surface area contributed by atoms with Crippen LogP contribution in [0.25, 0.3) is 11.4 Å². The van der Waals surface area contributed by atoms with E-state index in [2.05, 4.69) is 9.97 Å². The van der Waals surface area contributed by atoms with Crippen LogP contribution in [0.1, 0.15) is 41.4 Å². The van der Waals surface area contributed by atoms with Crippen LogP contribution < -0.4 is 4.74 Å². The first-order chi connectivity index (χ1) is 13.3. The second-order valence-corrected chi connectivity index (χ2v) is 7.43. The zero-order chi connectivity index (χ0) is 20.3. The lowest BCUT2D eigenvalue weighted by Crippen LogP contribution is -2.04. The van der Waals surface area contributed by atoms with Gasteiger partial charge in [0.2, 0.25) is 5.88 Å². The van der Waals surface area contributed by atoms with E-state index in [0.717, 1.165) is 11.3 Å². The van der Waals surface area contributed by atoms with Gasteiger partial charge in [-0.15, -0.1) is 0 Å². The minimum absolute atomic E-state index is 0.175. The molecular formula is C21H18Cl2N2O3. The molecule has 0 fully saturated rings. The van der Waals surface area contributed by atoms with Gasteiger partial charge in [0.15, 0.2) is 5.82 Å². The van der Waals surface area contributed by atoms with Gasteiger partial charge in [-0.2, -0.15) is 4.98 Å². The number of hydrogen-bond donors (Lipinski definition) is 1. The minimum atomic E-state index is -0.963. The topological polar surface area (TPSA) is 72.3 Å². The summed E-state index contributed by atoms with van der Waals surface area (Å²) in [5, 5.41) is 9.98. The summed E-state index contributed by atoms with van der Waals surface area (Å²) < 4.78 is 5.84. The quantitative estimate of drug-likeness (QED) is 0.545. The summed E-state index contributed by atoms with van der Waals surface area (Å²) in [6.45, 7) is 4.32. The van der Waals surface area contributed by atoms with E-state index in [4.69, 9.17) is 33.0 Å². The highest BCUT2D eigenvalue weighted by Gasteiger charge is 2.12. The molecule has 3 rings (SSSR count). The monoisotopic (exact) mass is 416 g/mol. The van der Waals surface area contributed by atoms with Gasteiger partial charge in [0.05, 0.1) is 11.3 Å². The molecule has 0 radical (unpaired) electrons. The van der Waals surface area contributed by atoms with Gasteiger partial charge in [-0.05, 0) is 41.8 Å². The number of carbonyl (C=O) groups is 1. The van der Waals surface area contributed by atoms with Crippen LogP contribution in [0, 0.1) is 0 Å². The second kappa shape index (κ2) is 8.59. The van der Waals surface area contributed by atoms with E-state index in [1.54, 1.807) is 48.5 Å². The van der Waals surface area contributed by atoms with Crippen LogP contribution in [0.4, 0.5) is 0 Å². The molecule has 7 heteroatoms. The Labute approximate surface area is 172 Å². The van der Waals surface area contributed by atoms with Gasteiger partial charge in [0, 0.05) is 21.7 Å². The SMILES string of the molecule is CC(C)c1cc(OCc2ccc(C(=O)O)cc2)nc(-c2cc(Cl)cc(Cl)c2)n1. The van der Waals surface area contributed by atoms with Gasteiger partial charge in [0.1, 0.15) is 6.61 Å². The molecule has 0 aliphatic heterocycles. The fraction of sp³-hybridized carbons (Fsp3) is 0.190. The van der Waals surface area contributed by atoms with E-state index in [9.17, 15) is 4.79 Å². The Hall–Kier alpha value is -2.63. The number of benzene rings is 2. The van der Waals surface area contributed by atoms with E-state index in [-0.39, 0.29) is 18.1 Å². The third-order valence-electron chi connectivity index (χ3n) is 4.02. The van der Waals surface area contributed by atoms with Gasteiger partial charge in [-0.25, -0.2) is 9.78 Å². The van der Waals surface area contributed by atoms with Crippen molar-refractivity contribution >= 4 is 29.2 Å². The van der Waals surface area contributed by atoms with Gasteiger partial charge in [-0.1, -0.05) is 49.2 Å². The number of aromatic nitrogens is 2. The van der Waals surface area contributed by atoms with Gasteiger partial charge >= 0.3 is 5.97 Å². The molecule has 0 spiro atoms. The molecule has 28 heavy (non-hydrogen) atoms. The summed E-state index contributed by atoms with van der Waals surface area (Å²) in [5.74, 6) is 0.113. The molecule has 1 N–H and O–H groups in total. The van der Waals surface area contributed by atoms with Crippen molar-refractivity contribution in [3.8, 4) is 17.3 Å². The minimum Gasteiger partial charge on any atom is -0.478 e. The number of rotatable bonds is 6. The molecular weight excluding hydrogens is 399 g/mol. The smallest absolute Gasteiger partial charge is 0.335 e. The maximum Gasteiger partial charge on any atom is 0.335 e. The van der Waals surface area contributed by atoms with Crippen LogP contribution in [0.5, 0.6) is 5.88 Å². The number of ether oxygens (including phenoxy) is 1. The standard InChI is InChI=1S/C21H18Cl2N2O3/c1-12(2)18-10-19(28-11-13-3-5-14(6-4-13)21(26)27)25-20(24-18)15-7-16(22)9-17(23)8-15/h3-10,12H,11H2,1-2H3,(H,26,27). The first kappa shape index (κ1) is 20.1. The third-order valence-corrected chi connectivity index (χ3v) is 4.46. The summed E-state index contributed by atoms with van der Waals surface area (Å²) in [4.78, 5) is 20.0. The summed E-state index contributed by atoms with van der Waals surface area (Å²) in [6.07, 6.45) is 0. The van der Waals surface area contributed by atoms with Crippen molar-refractivity contribution in [1.82, 2.24) is 9.97 Å². The second-order valence-electron chi connectivity index (χ2n) is 6.56. The molecule has 0 bridgehead atoms. The van der Waals surface area contributed by atoms with Crippen LogP contribution in [-0.4, -0.2) is 21.0 Å². The summed E-state index contributed by atoms with van der Waals surface area (Å²) >= 11 is 12.2. The van der Waals surface area contributed by atoms with Crippen LogP contribution in [0.2, 0.25) is 10.0 Å². The lowest BCUT2D eigenvalue weighted by atomic mass is 10.1. The first-order valence-corrected chi connectivity index (χ1v) is 9.38. The van der Waals surface area contributed by atoms with Crippen molar-refractivity contribution in [2.75, 3.05) is 0 Å². The highest BCUT2D eigenvalue weighted by Crippen LogP contribution is 2.28. The number of nitrogens with zero attached hydrogens (tertiary/aromatic N) is 2. The predicted octanol–water partition coefficient (Wildman–Crippen LogP) is 5.85. The first-order valence-electron chi connectivity index (χ1n) is 8.62. The largest absolute Gasteiger partial charge is 0.478 e. The fourth-order valence-electron chi connectivity index (χ4n) is 2.53. The van der Waals surface area contributed by atoms with E-state index >= 15 is 0 Å². The molecule has 0 atom stereocenters. The average Bonchev–Trinajstić information content (AvgIpc) is 2.65. The van der Waals surface area contributed by atoms with Gasteiger partial charge in [0.25, 0.3) is 0 Å². The number of hydrogen-bond acceptors (Lipinski definition) is 4. The zero-order valence-electron chi connectivity index (χ0n) is 15.3. The molecule has 144 valence electrons. The van der Waals surface area contributed by atoms with Gasteiger partial charge < -0.3 is 9.84 Å². The average molecular weight is 417 g/mol. The van der Waals surface area contributed by atoms with Crippen LogP contribution in [0.15, 0.2) is 48.5 Å². The van der Waals surface area contributed by atoms with E-state index in [1.165, 1.54) is 0 Å². The third kappa shape index (κ3) is 5.00. The van der Waals surface area contributed by atoms with Crippen molar-refractivity contribution < 1.29 is 14.6 Å². The van der Waals surface area contributed by atoms with E-state index < -0.39 is 5.97 Å². The Morgan fingerprint density at radius 1 is 1.04 bits per heavy atom. The summed E-state index contributed by atoms with van der Waals surface area (Å²) in [6, 6.07) is 13.5. The van der Waals surface area contributed by atoms with Crippen LogP contribution >= 0.6 is 23.2 Å². The summed E-state index contributed by atoms with van der Waals surface area (Å²) in [7, 11) is 0. The van der Waals surface area contributed by atoms with Crippen molar-refractivity contribution in [3.05, 3.63) is 75.4 Å². The van der Waals surface area contributed by atoms with Crippen molar-refractivity contribution in [1.29, 1.82) is 0 Å². The number of carboxylic acids is 1. The predicted molar refractivity (Wildman–Crippen MR) is 109 cm³/mol. The molecule has 0 aliphatic carbocycles. The normalized spacial score (nSPS) is 10.9. The molecule has 2 aromatic carbocycles. The molecule has 0 saturated heterocycles.